The normalized spacial score (nSPS) is 16.1. The van der Waals surface area contributed by atoms with Crippen LogP contribution < -0.4 is 15.0 Å². The summed E-state index contributed by atoms with van der Waals surface area (Å²) < 4.78 is 18.2. The van der Waals surface area contributed by atoms with Crippen molar-refractivity contribution in [3.8, 4) is 17.0 Å². The monoisotopic (exact) mass is 394 g/mol. The van der Waals surface area contributed by atoms with Gasteiger partial charge in [-0.05, 0) is 53.9 Å². The Labute approximate surface area is 168 Å². The summed E-state index contributed by atoms with van der Waals surface area (Å²) >= 11 is 0. The molecule has 4 rings (SSSR count). The van der Waals surface area contributed by atoms with Gasteiger partial charge in [0.05, 0.1) is 19.2 Å². The van der Waals surface area contributed by atoms with Crippen LogP contribution in [0.2, 0.25) is 0 Å². The molecule has 1 saturated heterocycles. The number of ether oxygens (including phenoxy) is 1. The van der Waals surface area contributed by atoms with Gasteiger partial charge in [0.25, 0.3) is 0 Å². The number of hydrogen-bond donors (Lipinski definition) is 2. The molecular formula is C22H23FN4O2. The molecule has 2 N–H and O–H groups in total. The van der Waals surface area contributed by atoms with E-state index in [0.29, 0.717) is 13.0 Å². The van der Waals surface area contributed by atoms with Crippen LogP contribution in [-0.4, -0.2) is 42.3 Å². The number of nitrogens with zero attached hydrogens (tertiary/aromatic N) is 2. The molecule has 1 atom stereocenters. The predicted octanol–water partition coefficient (Wildman–Crippen LogP) is 3.16. The Hall–Kier alpha value is -3.35. The van der Waals surface area contributed by atoms with Gasteiger partial charge >= 0.3 is 0 Å². The molecule has 1 amide bonds. The lowest BCUT2D eigenvalue weighted by Crippen LogP contribution is -2.38. The van der Waals surface area contributed by atoms with Crippen molar-refractivity contribution in [2.45, 2.75) is 18.9 Å². The molecule has 0 aliphatic carbocycles. The lowest BCUT2D eigenvalue weighted by molar-refractivity contribution is -0.121. The lowest BCUT2D eigenvalue weighted by Gasteiger charge is -2.16. The van der Waals surface area contributed by atoms with Crippen molar-refractivity contribution in [1.82, 2.24) is 15.5 Å². The molecule has 0 spiro atoms. The van der Waals surface area contributed by atoms with Crippen LogP contribution in [-0.2, 0) is 11.2 Å². The molecule has 0 saturated carbocycles. The van der Waals surface area contributed by atoms with Crippen LogP contribution in [0.25, 0.3) is 11.3 Å². The highest BCUT2D eigenvalue weighted by Gasteiger charge is 2.25. The predicted molar refractivity (Wildman–Crippen MR) is 109 cm³/mol. The molecule has 1 aromatic heterocycles. The number of H-pyrrole nitrogens is 1. The molecule has 0 unspecified atom stereocenters. The maximum Gasteiger partial charge on any atom is 0.224 e. The second kappa shape index (κ2) is 8.34. The molecular weight excluding hydrogens is 371 g/mol. The van der Waals surface area contributed by atoms with E-state index in [0.717, 1.165) is 41.4 Å². The lowest BCUT2D eigenvalue weighted by atomic mass is 10.1. The quantitative estimate of drug-likeness (QED) is 0.674. The van der Waals surface area contributed by atoms with Crippen LogP contribution in [0.3, 0.4) is 0 Å². The van der Waals surface area contributed by atoms with Crippen LogP contribution in [0.4, 0.5) is 10.2 Å². The van der Waals surface area contributed by atoms with E-state index in [-0.39, 0.29) is 17.8 Å². The molecule has 29 heavy (non-hydrogen) atoms. The first-order valence-corrected chi connectivity index (χ1v) is 9.59. The second-order valence-electron chi connectivity index (χ2n) is 7.17. The number of nitrogens with one attached hydrogen (secondary N) is 2. The SMILES string of the molecule is COc1ccc(CC(=O)N[C@H]2CCN(c3cc(-c4ccc(F)cc4)[nH]n3)C2)cc1. The van der Waals surface area contributed by atoms with Gasteiger partial charge in [-0.2, -0.15) is 5.10 Å². The first-order chi connectivity index (χ1) is 14.1. The van der Waals surface area contributed by atoms with Gasteiger partial charge in [0.1, 0.15) is 11.6 Å². The third-order valence-electron chi connectivity index (χ3n) is 5.12. The smallest absolute Gasteiger partial charge is 0.224 e. The minimum Gasteiger partial charge on any atom is -0.497 e. The fraction of sp³-hybridized carbons (Fsp3) is 0.273. The maximum atomic E-state index is 13.1. The average molecular weight is 394 g/mol. The number of amides is 1. The zero-order valence-corrected chi connectivity index (χ0v) is 16.2. The fourth-order valence-corrected chi connectivity index (χ4v) is 3.54. The zero-order chi connectivity index (χ0) is 20.2. The number of hydrogen-bond acceptors (Lipinski definition) is 4. The number of methoxy groups -OCH3 is 1. The zero-order valence-electron chi connectivity index (χ0n) is 16.2. The van der Waals surface area contributed by atoms with E-state index < -0.39 is 0 Å². The number of rotatable bonds is 6. The Morgan fingerprint density at radius 3 is 2.72 bits per heavy atom. The largest absolute Gasteiger partial charge is 0.497 e. The second-order valence-corrected chi connectivity index (χ2v) is 7.17. The highest BCUT2D eigenvalue weighted by Crippen LogP contribution is 2.24. The fourth-order valence-electron chi connectivity index (χ4n) is 3.54. The van der Waals surface area contributed by atoms with Gasteiger partial charge in [-0.1, -0.05) is 12.1 Å². The number of anilines is 1. The molecule has 6 nitrogen and oxygen atoms in total. The minimum absolute atomic E-state index is 0.0102. The van der Waals surface area contributed by atoms with Crippen molar-refractivity contribution in [3.63, 3.8) is 0 Å². The molecule has 2 aromatic carbocycles. The van der Waals surface area contributed by atoms with Crippen molar-refractivity contribution in [1.29, 1.82) is 0 Å². The molecule has 0 bridgehead atoms. The third-order valence-corrected chi connectivity index (χ3v) is 5.12. The van der Waals surface area contributed by atoms with Gasteiger partial charge in [-0.25, -0.2) is 4.39 Å². The summed E-state index contributed by atoms with van der Waals surface area (Å²) in [6.45, 7) is 1.53. The summed E-state index contributed by atoms with van der Waals surface area (Å²) in [5.41, 5.74) is 2.68. The van der Waals surface area contributed by atoms with Gasteiger partial charge < -0.3 is 15.0 Å². The van der Waals surface area contributed by atoms with Crippen LogP contribution in [0.1, 0.15) is 12.0 Å². The molecule has 1 fully saturated rings. The van der Waals surface area contributed by atoms with E-state index in [1.807, 2.05) is 30.3 Å². The van der Waals surface area contributed by atoms with Gasteiger partial charge in [0.15, 0.2) is 5.82 Å². The molecule has 2 heterocycles. The molecule has 3 aromatic rings. The van der Waals surface area contributed by atoms with Gasteiger partial charge in [0, 0.05) is 25.2 Å². The van der Waals surface area contributed by atoms with Crippen molar-refractivity contribution < 1.29 is 13.9 Å². The number of aromatic amines is 1. The van der Waals surface area contributed by atoms with E-state index >= 15 is 0 Å². The number of aromatic nitrogens is 2. The highest BCUT2D eigenvalue weighted by atomic mass is 19.1. The Balaban J connectivity index is 1.32. The summed E-state index contributed by atoms with van der Waals surface area (Å²) in [5, 5.41) is 10.5. The molecule has 0 radical (unpaired) electrons. The Morgan fingerprint density at radius 2 is 2.00 bits per heavy atom. The number of halogens is 1. The van der Waals surface area contributed by atoms with Crippen LogP contribution in [0.15, 0.2) is 54.6 Å². The number of benzene rings is 2. The van der Waals surface area contributed by atoms with Gasteiger partial charge in [0.2, 0.25) is 5.91 Å². The van der Waals surface area contributed by atoms with Crippen LogP contribution in [0.5, 0.6) is 5.75 Å². The van der Waals surface area contributed by atoms with Crippen molar-refractivity contribution in [3.05, 3.63) is 66.0 Å². The summed E-state index contributed by atoms with van der Waals surface area (Å²) in [5.74, 6) is 1.35. The van der Waals surface area contributed by atoms with Crippen LogP contribution in [0, 0.1) is 5.82 Å². The van der Waals surface area contributed by atoms with E-state index in [1.165, 1.54) is 12.1 Å². The summed E-state index contributed by atoms with van der Waals surface area (Å²) in [6, 6.07) is 15.9. The molecule has 7 heteroatoms. The number of carbonyl (C=O) groups excluding carboxylic acids is 1. The summed E-state index contributed by atoms with van der Waals surface area (Å²) in [7, 11) is 1.62. The minimum atomic E-state index is -0.263. The summed E-state index contributed by atoms with van der Waals surface area (Å²) in [6.07, 6.45) is 1.21. The Bertz CT molecular complexity index is 969. The topological polar surface area (TPSA) is 70.2 Å². The third kappa shape index (κ3) is 4.56. The van der Waals surface area contributed by atoms with E-state index in [9.17, 15) is 9.18 Å². The van der Waals surface area contributed by atoms with E-state index in [2.05, 4.69) is 20.4 Å². The standard InChI is InChI=1S/C22H23FN4O2/c1-29-19-8-2-15(3-9-19)12-22(28)24-18-10-11-27(14-18)21-13-20(25-26-21)16-4-6-17(23)7-5-16/h2-9,13,18H,10-12,14H2,1H3,(H,24,28)(H,25,26)/t18-/m0/s1. The molecule has 1 aliphatic heterocycles. The first-order valence-electron chi connectivity index (χ1n) is 9.59. The van der Waals surface area contributed by atoms with Crippen molar-refractivity contribution in [2.24, 2.45) is 0 Å². The molecule has 1 aliphatic rings. The van der Waals surface area contributed by atoms with Gasteiger partial charge in [-0.15, -0.1) is 0 Å². The highest BCUT2D eigenvalue weighted by molar-refractivity contribution is 5.79. The van der Waals surface area contributed by atoms with E-state index in [1.54, 1.807) is 19.2 Å². The van der Waals surface area contributed by atoms with Crippen molar-refractivity contribution >= 4 is 11.7 Å². The Kier molecular flexibility index (Phi) is 5.46. The van der Waals surface area contributed by atoms with Crippen LogP contribution >= 0.6 is 0 Å². The molecule has 150 valence electrons. The Morgan fingerprint density at radius 1 is 1.24 bits per heavy atom. The summed E-state index contributed by atoms with van der Waals surface area (Å²) in [4.78, 5) is 14.5. The van der Waals surface area contributed by atoms with E-state index in [4.69, 9.17) is 4.74 Å². The maximum absolute atomic E-state index is 13.1. The average Bonchev–Trinajstić information content (AvgIpc) is 3.39. The van der Waals surface area contributed by atoms with Crippen molar-refractivity contribution in [2.75, 3.05) is 25.1 Å². The first kappa shape index (κ1) is 19.0. The number of carbonyl (C=O) groups is 1. The van der Waals surface area contributed by atoms with Gasteiger partial charge in [-0.3, -0.25) is 9.89 Å².